The molecule has 0 saturated carbocycles. The van der Waals surface area contributed by atoms with E-state index in [-0.39, 0.29) is 11.5 Å². The molecular formula is C31H35NO5. The fourth-order valence-corrected chi connectivity index (χ4v) is 5.93. The number of nitrogens with zero attached hydrogens (tertiary/aromatic N) is 1. The van der Waals surface area contributed by atoms with Crippen LogP contribution in [-0.2, 0) is 4.74 Å². The van der Waals surface area contributed by atoms with Gasteiger partial charge in [0.1, 0.15) is 29.6 Å². The minimum Gasteiger partial charge on any atom is -0.508 e. The predicted molar refractivity (Wildman–Crippen MR) is 145 cm³/mol. The van der Waals surface area contributed by atoms with E-state index in [1.165, 1.54) is 25.7 Å². The first-order valence-corrected chi connectivity index (χ1v) is 13.6. The van der Waals surface area contributed by atoms with Crippen LogP contribution >= 0.6 is 0 Å². The fourth-order valence-electron chi connectivity index (χ4n) is 5.93. The Labute approximate surface area is 217 Å². The van der Waals surface area contributed by atoms with Crippen molar-refractivity contribution in [2.75, 3.05) is 46.1 Å². The van der Waals surface area contributed by atoms with E-state index in [0.29, 0.717) is 49.4 Å². The van der Waals surface area contributed by atoms with Crippen molar-refractivity contribution < 1.29 is 24.4 Å². The van der Waals surface area contributed by atoms with E-state index in [1.54, 1.807) is 12.2 Å². The van der Waals surface area contributed by atoms with Crippen molar-refractivity contribution in [1.82, 2.24) is 4.90 Å². The Hall–Kier alpha value is -3.22. The molecule has 194 valence electrons. The van der Waals surface area contributed by atoms with Crippen LogP contribution in [0, 0.1) is 0 Å². The van der Waals surface area contributed by atoms with Crippen LogP contribution in [0.25, 0.3) is 28.9 Å². The van der Waals surface area contributed by atoms with E-state index in [1.807, 2.05) is 24.3 Å². The minimum absolute atomic E-state index is 0.165. The number of rotatable bonds is 5. The van der Waals surface area contributed by atoms with Crippen molar-refractivity contribution in [3.05, 3.63) is 57.7 Å². The van der Waals surface area contributed by atoms with Crippen molar-refractivity contribution in [1.29, 1.82) is 0 Å². The SMILES string of the molecule is OC1=Cc2c3c(c(-c4ccc(OCCN5CCCCCC5)cc4)c(O)c2=C2COCCC2=C1)=CCCO3. The van der Waals surface area contributed by atoms with Crippen molar-refractivity contribution >= 4 is 17.7 Å². The zero-order valence-corrected chi connectivity index (χ0v) is 21.3. The maximum absolute atomic E-state index is 11.7. The molecule has 2 fully saturated rings. The molecule has 0 amide bonds. The topological polar surface area (TPSA) is 71.4 Å². The fraction of sp³-hybridized carbons (Fsp3) is 0.419. The number of aliphatic hydroxyl groups is 1. The van der Waals surface area contributed by atoms with Crippen molar-refractivity contribution in [3.63, 3.8) is 0 Å². The average Bonchev–Trinajstić information content (AvgIpc) is 3.27. The summed E-state index contributed by atoms with van der Waals surface area (Å²) in [5.41, 5.74) is 4.26. The number of ether oxygens (including phenoxy) is 3. The highest BCUT2D eigenvalue weighted by Gasteiger charge is 2.26. The van der Waals surface area contributed by atoms with Crippen LogP contribution in [0.1, 0.15) is 44.1 Å². The van der Waals surface area contributed by atoms with E-state index in [4.69, 9.17) is 14.2 Å². The molecule has 0 aromatic heterocycles. The molecule has 2 aromatic carbocycles. The number of phenols is 1. The number of allylic oxidation sites excluding steroid dienone is 1. The Balaban J connectivity index is 1.35. The highest BCUT2D eigenvalue weighted by Crippen LogP contribution is 2.35. The van der Waals surface area contributed by atoms with Gasteiger partial charge in [0.2, 0.25) is 0 Å². The van der Waals surface area contributed by atoms with Crippen molar-refractivity contribution in [2.24, 2.45) is 0 Å². The summed E-state index contributed by atoms with van der Waals surface area (Å²) >= 11 is 0. The number of hydrogen-bond acceptors (Lipinski definition) is 6. The number of fused-ring (bicyclic) bond motifs is 4. The van der Waals surface area contributed by atoms with Gasteiger partial charge in [0.05, 0.1) is 19.8 Å². The lowest BCUT2D eigenvalue weighted by atomic mass is 9.91. The number of aromatic hydroxyl groups is 1. The first-order valence-electron chi connectivity index (χ1n) is 13.6. The largest absolute Gasteiger partial charge is 0.508 e. The third-order valence-electron chi connectivity index (χ3n) is 7.80. The van der Waals surface area contributed by atoms with Crippen LogP contribution < -0.4 is 19.9 Å². The summed E-state index contributed by atoms with van der Waals surface area (Å²) in [5.74, 6) is 1.89. The third kappa shape index (κ3) is 4.88. The van der Waals surface area contributed by atoms with Gasteiger partial charge in [0.25, 0.3) is 0 Å². The number of benzene rings is 2. The molecule has 3 aliphatic heterocycles. The molecule has 2 saturated heterocycles. The summed E-state index contributed by atoms with van der Waals surface area (Å²) in [7, 11) is 0. The summed E-state index contributed by atoms with van der Waals surface area (Å²) < 4.78 is 18.0. The lowest BCUT2D eigenvalue weighted by molar-refractivity contribution is 0.158. The molecule has 1 aliphatic carbocycles. The molecular weight excluding hydrogens is 466 g/mol. The molecule has 2 aromatic rings. The number of hydrogen-bond donors (Lipinski definition) is 2. The van der Waals surface area contributed by atoms with Gasteiger partial charge in [-0.25, -0.2) is 0 Å². The first kappa shape index (κ1) is 24.1. The van der Waals surface area contributed by atoms with Crippen LogP contribution in [0.3, 0.4) is 0 Å². The Morgan fingerprint density at radius 2 is 1.76 bits per heavy atom. The zero-order chi connectivity index (χ0) is 25.2. The molecule has 3 heterocycles. The average molecular weight is 502 g/mol. The van der Waals surface area contributed by atoms with E-state index in [0.717, 1.165) is 59.3 Å². The molecule has 6 heteroatoms. The molecule has 0 spiro atoms. The summed E-state index contributed by atoms with van der Waals surface area (Å²) in [6.45, 7) is 5.50. The third-order valence-corrected chi connectivity index (χ3v) is 7.80. The number of likely N-dealkylation sites (tertiary alicyclic amines) is 1. The van der Waals surface area contributed by atoms with Gasteiger partial charge in [-0.15, -0.1) is 0 Å². The molecule has 0 unspecified atom stereocenters. The molecule has 0 atom stereocenters. The highest BCUT2D eigenvalue weighted by molar-refractivity contribution is 5.85. The van der Waals surface area contributed by atoms with Crippen LogP contribution in [-0.4, -0.2) is 61.2 Å². The van der Waals surface area contributed by atoms with Gasteiger partial charge in [0, 0.05) is 34.5 Å². The maximum Gasteiger partial charge on any atom is 0.135 e. The Morgan fingerprint density at radius 3 is 2.57 bits per heavy atom. The lowest BCUT2D eigenvalue weighted by Gasteiger charge is -2.23. The van der Waals surface area contributed by atoms with E-state index in [2.05, 4.69) is 11.0 Å². The minimum atomic E-state index is 0.165. The molecule has 6 nitrogen and oxygen atoms in total. The van der Waals surface area contributed by atoms with Crippen LogP contribution in [0.2, 0.25) is 0 Å². The standard InChI is InChI=1S/C31H35NO5/c33-23-18-22-11-16-35-20-27(22)29-26(19-23)31-25(6-5-15-37-31)28(30(29)34)21-7-9-24(10-8-21)36-17-14-32-12-3-1-2-4-13-32/h6-10,18-19,33-34H,1-5,11-17,20H2. The van der Waals surface area contributed by atoms with Gasteiger partial charge in [-0.3, -0.25) is 4.90 Å². The number of aliphatic hydroxyl groups excluding tert-OH is 1. The van der Waals surface area contributed by atoms with Crippen molar-refractivity contribution in [3.8, 4) is 28.4 Å². The number of phenolic OH excluding ortho intramolecular Hbond substituents is 1. The Morgan fingerprint density at radius 1 is 0.946 bits per heavy atom. The van der Waals surface area contributed by atoms with E-state index >= 15 is 0 Å². The summed E-state index contributed by atoms with van der Waals surface area (Å²) in [5, 5.41) is 23.9. The zero-order valence-electron chi connectivity index (χ0n) is 21.3. The highest BCUT2D eigenvalue weighted by atomic mass is 16.5. The predicted octanol–water partition coefficient (Wildman–Crippen LogP) is 4.29. The Bertz CT molecular complexity index is 1350. The van der Waals surface area contributed by atoms with Crippen LogP contribution in [0.15, 0.2) is 41.7 Å². The maximum atomic E-state index is 11.7. The molecule has 0 bridgehead atoms. The molecule has 4 aliphatic rings. The monoisotopic (exact) mass is 501 g/mol. The second-order valence-corrected chi connectivity index (χ2v) is 10.2. The summed E-state index contributed by atoms with van der Waals surface area (Å²) in [4.78, 5) is 2.50. The molecule has 6 rings (SSSR count). The van der Waals surface area contributed by atoms with E-state index < -0.39 is 0 Å². The van der Waals surface area contributed by atoms with E-state index in [9.17, 15) is 10.2 Å². The molecule has 37 heavy (non-hydrogen) atoms. The lowest BCUT2D eigenvalue weighted by Crippen LogP contribution is -2.29. The summed E-state index contributed by atoms with van der Waals surface area (Å²) in [6.07, 6.45) is 12.3. The second kappa shape index (κ2) is 10.6. The second-order valence-electron chi connectivity index (χ2n) is 10.2. The van der Waals surface area contributed by atoms with Gasteiger partial charge in [-0.05, 0) is 73.3 Å². The van der Waals surface area contributed by atoms with Crippen LogP contribution in [0.4, 0.5) is 0 Å². The quantitative estimate of drug-likeness (QED) is 0.637. The first-order chi connectivity index (χ1) is 18.2. The molecule has 2 N–H and O–H groups in total. The van der Waals surface area contributed by atoms with Gasteiger partial charge in [-0.1, -0.05) is 31.1 Å². The van der Waals surface area contributed by atoms with Gasteiger partial charge < -0.3 is 24.4 Å². The Kier molecular flexibility index (Phi) is 6.94. The smallest absolute Gasteiger partial charge is 0.135 e. The van der Waals surface area contributed by atoms with Crippen molar-refractivity contribution in [2.45, 2.75) is 38.5 Å². The van der Waals surface area contributed by atoms with Gasteiger partial charge in [-0.2, -0.15) is 0 Å². The van der Waals surface area contributed by atoms with Gasteiger partial charge in [0.15, 0.2) is 0 Å². The summed E-state index contributed by atoms with van der Waals surface area (Å²) in [6, 6.07) is 7.97. The normalized spacial score (nSPS) is 19.6. The van der Waals surface area contributed by atoms with Gasteiger partial charge >= 0.3 is 0 Å². The molecule has 0 radical (unpaired) electrons. The van der Waals surface area contributed by atoms with Crippen LogP contribution in [0.5, 0.6) is 17.2 Å².